The van der Waals surface area contributed by atoms with E-state index in [1.54, 1.807) is 28.7 Å². The molecule has 0 radical (unpaired) electrons. The summed E-state index contributed by atoms with van der Waals surface area (Å²) in [6, 6.07) is 3.58. The molecule has 0 aliphatic heterocycles. The monoisotopic (exact) mass is 284 g/mol. The van der Waals surface area contributed by atoms with Crippen LogP contribution in [0.15, 0.2) is 18.3 Å². The van der Waals surface area contributed by atoms with Crippen molar-refractivity contribution in [1.29, 1.82) is 0 Å². The fourth-order valence-corrected chi connectivity index (χ4v) is 2.33. The fraction of sp³-hybridized carbons (Fsp3) is 0.286. The lowest BCUT2D eigenvalue weighted by atomic mass is 10.1. The van der Waals surface area contributed by atoms with Gasteiger partial charge in [-0.3, -0.25) is 14.2 Å². The molecule has 0 unspecified atom stereocenters. The van der Waals surface area contributed by atoms with Gasteiger partial charge in [0.2, 0.25) is 0 Å². The minimum Gasteiger partial charge on any atom is -0.305 e. The Bertz CT molecular complexity index is 845. The highest BCUT2D eigenvalue weighted by atomic mass is 16.1. The van der Waals surface area contributed by atoms with Crippen molar-refractivity contribution >= 4 is 22.8 Å². The lowest BCUT2D eigenvalue weighted by Crippen LogP contribution is -2.15. The average Bonchev–Trinajstić information content (AvgIpc) is 2.93. The number of amides is 1. The third-order valence-electron chi connectivity index (χ3n) is 3.39. The van der Waals surface area contributed by atoms with E-state index in [9.17, 15) is 4.79 Å². The molecule has 3 heterocycles. The van der Waals surface area contributed by atoms with Crippen molar-refractivity contribution in [1.82, 2.24) is 24.5 Å². The highest BCUT2D eigenvalue weighted by Gasteiger charge is 2.16. The third kappa shape index (κ3) is 2.26. The van der Waals surface area contributed by atoms with Crippen molar-refractivity contribution < 1.29 is 4.79 Å². The van der Waals surface area contributed by atoms with E-state index in [0.29, 0.717) is 17.1 Å². The largest absolute Gasteiger partial charge is 0.305 e. The quantitative estimate of drug-likeness (QED) is 0.775. The number of fused-ring (bicyclic) bond motifs is 1. The molecule has 21 heavy (non-hydrogen) atoms. The Morgan fingerprint density at radius 2 is 1.95 bits per heavy atom. The molecule has 0 aliphatic carbocycles. The van der Waals surface area contributed by atoms with Crippen LogP contribution in [0.5, 0.6) is 0 Å². The summed E-state index contributed by atoms with van der Waals surface area (Å²) >= 11 is 0. The Hall–Kier alpha value is -2.70. The average molecular weight is 284 g/mol. The van der Waals surface area contributed by atoms with Crippen LogP contribution in [0, 0.1) is 13.8 Å². The number of aryl methyl sites for hydroxylation is 4. The van der Waals surface area contributed by atoms with Crippen LogP contribution in [0.2, 0.25) is 0 Å². The van der Waals surface area contributed by atoms with Gasteiger partial charge < -0.3 is 5.32 Å². The molecule has 0 fully saturated rings. The molecule has 108 valence electrons. The van der Waals surface area contributed by atoms with Crippen LogP contribution < -0.4 is 5.32 Å². The van der Waals surface area contributed by atoms with E-state index in [2.05, 4.69) is 20.5 Å². The van der Waals surface area contributed by atoms with Crippen molar-refractivity contribution in [3.05, 3.63) is 35.3 Å². The van der Waals surface area contributed by atoms with Gasteiger partial charge in [0.1, 0.15) is 0 Å². The summed E-state index contributed by atoms with van der Waals surface area (Å²) < 4.78 is 3.35. The second-order valence-electron chi connectivity index (χ2n) is 5.03. The number of hydrogen-bond donors (Lipinski definition) is 1. The van der Waals surface area contributed by atoms with Gasteiger partial charge in [-0.25, -0.2) is 4.98 Å². The maximum absolute atomic E-state index is 12.4. The second-order valence-corrected chi connectivity index (χ2v) is 5.03. The Balaban J connectivity index is 2.01. The Labute approximate surface area is 121 Å². The fourth-order valence-electron chi connectivity index (χ4n) is 2.33. The van der Waals surface area contributed by atoms with Gasteiger partial charge in [0.05, 0.1) is 17.0 Å². The van der Waals surface area contributed by atoms with E-state index >= 15 is 0 Å². The molecule has 0 atom stereocenters. The van der Waals surface area contributed by atoms with Crippen molar-refractivity contribution in [3.63, 3.8) is 0 Å². The molecule has 3 aromatic heterocycles. The number of anilines is 1. The zero-order chi connectivity index (χ0) is 15.1. The molecule has 7 nitrogen and oxygen atoms in total. The third-order valence-corrected chi connectivity index (χ3v) is 3.39. The Morgan fingerprint density at radius 1 is 1.19 bits per heavy atom. The van der Waals surface area contributed by atoms with E-state index < -0.39 is 0 Å². The van der Waals surface area contributed by atoms with Gasteiger partial charge in [0.25, 0.3) is 5.91 Å². The van der Waals surface area contributed by atoms with Gasteiger partial charge in [-0.05, 0) is 19.9 Å². The first-order chi connectivity index (χ1) is 9.95. The zero-order valence-electron chi connectivity index (χ0n) is 12.4. The SMILES string of the molecule is Cc1nc2c(cc1C(=O)Nc1ccn(C)n1)c(C)nn2C. The predicted octanol–water partition coefficient (Wildman–Crippen LogP) is 1.57. The van der Waals surface area contributed by atoms with E-state index in [4.69, 9.17) is 0 Å². The maximum atomic E-state index is 12.4. The molecular formula is C14H16N6O. The number of rotatable bonds is 2. The summed E-state index contributed by atoms with van der Waals surface area (Å²) in [7, 11) is 3.64. The van der Waals surface area contributed by atoms with Crippen LogP contribution in [-0.4, -0.2) is 30.5 Å². The van der Waals surface area contributed by atoms with Crippen molar-refractivity contribution in [2.75, 3.05) is 5.32 Å². The van der Waals surface area contributed by atoms with Crippen LogP contribution in [0.4, 0.5) is 5.82 Å². The number of carbonyl (C=O) groups is 1. The summed E-state index contributed by atoms with van der Waals surface area (Å²) in [6.07, 6.45) is 1.77. The van der Waals surface area contributed by atoms with Gasteiger partial charge in [-0.15, -0.1) is 0 Å². The van der Waals surface area contributed by atoms with Gasteiger partial charge in [0, 0.05) is 31.7 Å². The first-order valence-corrected chi connectivity index (χ1v) is 6.57. The van der Waals surface area contributed by atoms with E-state index in [1.165, 1.54) is 0 Å². The predicted molar refractivity (Wildman–Crippen MR) is 79.1 cm³/mol. The molecule has 0 aromatic carbocycles. The molecule has 0 aliphatic rings. The highest BCUT2D eigenvalue weighted by molar-refractivity contribution is 6.06. The molecule has 0 saturated carbocycles. The molecule has 3 aromatic rings. The minimum absolute atomic E-state index is 0.219. The molecule has 3 rings (SSSR count). The second kappa shape index (κ2) is 4.69. The number of nitrogens with one attached hydrogen (secondary N) is 1. The van der Waals surface area contributed by atoms with Gasteiger partial charge in [-0.1, -0.05) is 0 Å². The Kier molecular flexibility index (Phi) is 2.97. The number of pyridine rings is 1. The molecule has 0 saturated heterocycles. The molecule has 0 bridgehead atoms. The van der Waals surface area contributed by atoms with Crippen LogP contribution in [0.1, 0.15) is 21.7 Å². The van der Waals surface area contributed by atoms with Gasteiger partial charge in [-0.2, -0.15) is 10.2 Å². The molecule has 1 N–H and O–H groups in total. The summed E-state index contributed by atoms with van der Waals surface area (Å²) in [5.41, 5.74) is 2.83. The number of aromatic nitrogens is 5. The summed E-state index contributed by atoms with van der Waals surface area (Å²) in [6.45, 7) is 3.72. The van der Waals surface area contributed by atoms with E-state index in [1.807, 2.05) is 27.0 Å². The first-order valence-electron chi connectivity index (χ1n) is 6.57. The van der Waals surface area contributed by atoms with Crippen molar-refractivity contribution in [3.8, 4) is 0 Å². The summed E-state index contributed by atoms with van der Waals surface area (Å²) in [5.74, 6) is 0.300. The van der Waals surface area contributed by atoms with Crippen LogP contribution in [0.25, 0.3) is 11.0 Å². The zero-order valence-corrected chi connectivity index (χ0v) is 12.4. The number of hydrogen-bond acceptors (Lipinski definition) is 4. The lowest BCUT2D eigenvalue weighted by Gasteiger charge is -2.06. The molecule has 1 amide bonds. The summed E-state index contributed by atoms with van der Waals surface area (Å²) in [5, 5.41) is 12.1. The maximum Gasteiger partial charge on any atom is 0.258 e. The first kappa shape index (κ1) is 13.3. The van der Waals surface area contributed by atoms with Crippen molar-refractivity contribution in [2.24, 2.45) is 14.1 Å². The highest BCUT2D eigenvalue weighted by Crippen LogP contribution is 2.20. The summed E-state index contributed by atoms with van der Waals surface area (Å²) in [4.78, 5) is 16.9. The van der Waals surface area contributed by atoms with E-state index in [-0.39, 0.29) is 5.91 Å². The van der Waals surface area contributed by atoms with Crippen molar-refractivity contribution in [2.45, 2.75) is 13.8 Å². The smallest absolute Gasteiger partial charge is 0.258 e. The van der Waals surface area contributed by atoms with Gasteiger partial charge in [0.15, 0.2) is 11.5 Å². The molecule has 7 heteroatoms. The topological polar surface area (TPSA) is 77.6 Å². The van der Waals surface area contributed by atoms with Gasteiger partial charge >= 0.3 is 0 Å². The molecular weight excluding hydrogens is 268 g/mol. The standard InChI is InChI=1S/C14H16N6O/c1-8-11(14(21)16-12-5-6-19(3)18-12)7-10-9(2)17-20(4)13(10)15-8/h5-7H,1-4H3,(H,16,18,21). The Morgan fingerprint density at radius 3 is 2.62 bits per heavy atom. The normalized spacial score (nSPS) is 11.0. The van der Waals surface area contributed by atoms with E-state index in [0.717, 1.165) is 16.7 Å². The molecule has 0 spiro atoms. The van der Waals surface area contributed by atoms with Crippen LogP contribution >= 0.6 is 0 Å². The van der Waals surface area contributed by atoms with Crippen LogP contribution in [-0.2, 0) is 14.1 Å². The number of nitrogens with zero attached hydrogens (tertiary/aromatic N) is 5. The van der Waals surface area contributed by atoms with Crippen LogP contribution in [0.3, 0.4) is 0 Å². The minimum atomic E-state index is -0.219. The lowest BCUT2D eigenvalue weighted by molar-refractivity contribution is 0.102. The number of carbonyl (C=O) groups excluding carboxylic acids is 1.